The fourth-order valence-corrected chi connectivity index (χ4v) is 5.36. The SMILES string of the molecule is COc1ccc(S(=O)(=O)NCC2CCCO2)cc1N(C)S(=O)(=O)c1ccccc1. The Labute approximate surface area is 171 Å². The van der Waals surface area contributed by atoms with E-state index in [1.807, 2.05) is 0 Å². The van der Waals surface area contributed by atoms with Crippen molar-refractivity contribution >= 4 is 25.7 Å². The van der Waals surface area contributed by atoms with Crippen molar-refractivity contribution in [3.8, 4) is 5.75 Å². The van der Waals surface area contributed by atoms with Crippen LogP contribution in [0, 0.1) is 0 Å². The Balaban J connectivity index is 1.92. The second kappa shape index (κ2) is 8.70. The minimum atomic E-state index is -3.89. The van der Waals surface area contributed by atoms with Crippen LogP contribution in [-0.4, -0.2) is 50.2 Å². The van der Waals surface area contributed by atoms with Crippen LogP contribution in [0.25, 0.3) is 0 Å². The molecule has 1 N–H and O–H groups in total. The first-order valence-electron chi connectivity index (χ1n) is 9.09. The summed E-state index contributed by atoms with van der Waals surface area (Å²) < 4.78 is 65.6. The van der Waals surface area contributed by atoms with Crippen LogP contribution < -0.4 is 13.8 Å². The fourth-order valence-electron chi connectivity index (χ4n) is 3.05. The van der Waals surface area contributed by atoms with Gasteiger partial charge in [0.05, 0.1) is 28.7 Å². The topological polar surface area (TPSA) is 102 Å². The maximum Gasteiger partial charge on any atom is 0.264 e. The molecule has 0 spiro atoms. The smallest absolute Gasteiger partial charge is 0.264 e. The number of ether oxygens (including phenoxy) is 2. The van der Waals surface area contributed by atoms with E-state index in [4.69, 9.17) is 9.47 Å². The van der Waals surface area contributed by atoms with Gasteiger partial charge in [-0.1, -0.05) is 18.2 Å². The number of hydrogen-bond acceptors (Lipinski definition) is 6. The zero-order valence-corrected chi connectivity index (χ0v) is 17.9. The largest absolute Gasteiger partial charge is 0.495 e. The van der Waals surface area contributed by atoms with Gasteiger partial charge in [0.15, 0.2) is 0 Å². The van der Waals surface area contributed by atoms with Crippen LogP contribution in [0.5, 0.6) is 5.75 Å². The molecule has 1 heterocycles. The average molecular weight is 441 g/mol. The highest BCUT2D eigenvalue weighted by Crippen LogP contribution is 2.33. The van der Waals surface area contributed by atoms with E-state index in [0.717, 1.165) is 17.1 Å². The minimum Gasteiger partial charge on any atom is -0.495 e. The molecular weight excluding hydrogens is 416 g/mol. The second-order valence-corrected chi connectivity index (χ2v) is 10.3. The van der Waals surface area contributed by atoms with Crippen molar-refractivity contribution in [2.24, 2.45) is 0 Å². The number of nitrogens with one attached hydrogen (secondary N) is 1. The van der Waals surface area contributed by atoms with Gasteiger partial charge in [-0.25, -0.2) is 21.6 Å². The van der Waals surface area contributed by atoms with E-state index < -0.39 is 20.0 Å². The highest BCUT2D eigenvalue weighted by Gasteiger charge is 2.26. The second-order valence-electron chi connectivity index (χ2n) is 6.61. The van der Waals surface area contributed by atoms with Gasteiger partial charge in [-0.15, -0.1) is 0 Å². The first-order valence-corrected chi connectivity index (χ1v) is 12.0. The molecule has 0 aromatic heterocycles. The predicted octanol–water partition coefficient (Wildman–Crippen LogP) is 1.98. The predicted molar refractivity (Wildman–Crippen MR) is 109 cm³/mol. The Hall–Kier alpha value is -2.14. The molecule has 2 aromatic rings. The molecule has 1 aliphatic heterocycles. The molecule has 0 radical (unpaired) electrons. The van der Waals surface area contributed by atoms with Gasteiger partial charge in [0, 0.05) is 20.2 Å². The minimum absolute atomic E-state index is 0.0543. The molecule has 10 heteroatoms. The van der Waals surface area contributed by atoms with Crippen LogP contribution in [-0.2, 0) is 24.8 Å². The third kappa shape index (κ3) is 4.72. The number of nitrogens with zero attached hydrogens (tertiary/aromatic N) is 1. The number of methoxy groups -OCH3 is 1. The summed E-state index contributed by atoms with van der Waals surface area (Å²) in [6, 6.07) is 12.0. The average Bonchev–Trinajstić information content (AvgIpc) is 3.25. The molecule has 0 bridgehead atoms. The van der Waals surface area contributed by atoms with Crippen molar-refractivity contribution in [3.63, 3.8) is 0 Å². The molecule has 8 nitrogen and oxygen atoms in total. The Morgan fingerprint density at radius 2 is 1.83 bits per heavy atom. The lowest BCUT2D eigenvalue weighted by atomic mass is 10.2. The highest BCUT2D eigenvalue weighted by atomic mass is 32.2. The summed E-state index contributed by atoms with van der Waals surface area (Å²) in [5, 5.41) is 0. The number of sulfonamides is 2. The first kappa shape index (κ1) is 21.6. The Morgan fingerprint density at radius 1 is 1.10 bits per heavy atom. The van der Waals surface area contributed by atoms with Crippen molar-refractivity contribution < 1.29 is 26.3 Å². The molecule has 1 fully saturated rings. The fraction of sp³-hybridized carbons (Fsp3) is 0.368. The number of anilines is 1. The van der Waals surface area contributed by atoms with Gasteiger partial charge in [-0.05, 0) is 43.2 Å². The molecule has 0 saturated carbocycles. The molecule has 29 heavy (non-hydrogen) atoms. The molecule has 2 aromatic carbocycles. The van der Waals surface area contributed by atoms with E-state index in [1.54, 1.807) is 18.2 Å². The molecule has 3 rings (SSSR count). The molecule has 0 amide bonds. The van der Waals surface area contributed by atoms with Crippen LogP contribution in [0.4, 0.5) is 5.69 Å². The zero-order valence-electron chi connectivity index (χ0n) is 16.2. The summed E-state index contributed by atoms with van der Waals surface area (Å²) in [5.74, 6) is 0.241. The maximum atomic E-state index is 13.0. The number of hydrogen-bond donors (Lipinski definition) is 1. The lowest BCUT2D eigenvalue weighted by molar-refractivity contribution is 0.114. The highest BCUT2D eigenvalue weighted by molar-refractivity contribution is 7.92. The van der Waals surface area contributed by atoms with E-state index in [-0.39, 0.29) is 33.9 Å². The lowest BCUT2D eigenvalue weighted by Gasteiger charge is -2.22. The van der Waals surface area contributed by atoms with Crippen LogP contribution in [0.15, 0.2) is 58.3 Å². The lowest BCUT2D eigenvalue weighted by Crippen LogP contribution is -2.32. The summed E-state index contributed by atoms with van der Waals surface area (Å²) in [6.07, 6.45) is 1.55. The summed E-state index contributed by atoms with van der Waals surface area (Å²) in [5.41, 5.74) is 0.122. The maximum absolute atomic E-state index is 13.0. The quantitative estimate of drug-likeness (QED) is 0.673. The standard InChI is InChI=1S/C19H24N2O6S2/c1-21(29(24,25)16-8-4-3-5-9-16)18-13-17(10-11-19(18)26-2)28(22,23)20-14-15-7-6-12-27-15/h3-5,8-11,13,15,20H,6-7,12,14H2,1-2H3. The van der Waals surface area contributed by atoms with Crippen molar-refractivity contribution in [1.29, 1.82) is 0 Å². The van der Waals surface area contributed by atoms with E-state index in [9.17, 15) is 16.8 Å². The van der Waals surface area contributed by atoms with Crippen molar-refractivity contribution in [1.82, 2.24) is 4.72 Å². The van der Waals surface area contributed by atoms with Crippen LogP contribution in [0.1, 0.15) is 12.8 Å². The van der Waals surface area contributed by atoms with Crippen molar-refractivity contribution in [3.05, 3.63) is 48.5 Å². The van der Waals surface area contributed by atoms with E-state index >= 15 is 0 Å². The zero-order chi connectivity index (χ0) is 21.1. The van der Waals surface area contributed by atoms with E-state index in [1.165, 1.54) is 44.5 Å². The van der Waals surface area contributed by atoms with Crippen LogP contribution in [0.3, 0.4) is 0 Å². The van der Waals surface area contributed by atoms with Crippen LogP contribution >= 0.6 is 0 Å². The summed E-state index contributed by atoms with van der Waals surface area (Å²) in [6.45, 7) is 0.795. The van der Waals surface area contributed by atoms with Gasteiger partial charge < -0.3 is 9.47 Å². The van der Waals surface area contributed by atoms with Gasteiger partial charge in [0.25, 0.3) is 10.0 Å². The Kier molecular flexibility index (Phi) is 6.47. The molecule has 1 unspecified atom stereocenters. The van der Waals surface area contributed by atoms with Crippen molar-refractivity contribution in [2.75, 3.05) is 31.6 Å². The van der Waals surface area contributed by atoms with E-state index in [2.05, 4.69) is 4.72 Å². The van der Waals surface area contributed by atoms with Crippen LogP contribution in [0.2, 0.25) is 0 Å². The molecule has 1 saturated heterocycles. The third-order valence-corrected chi connectivity index (χ3v) is 7.93. The molecular formula is C19H24N2O6S2. The Morgan fingerprint density at radius 3 is 2.45 bits per heavy atom. The molecule has 1 atom stereocenters. The number of rotatable bonds is 8. The molecule has 158 valence electrons. The summed E-state index contributed by atoms with van der Waals surface area (Å²) >= 11 is 0. The van der Waals surface area contributed by atoms with Gasteiger partial charge in [0.2, 0.25) is 10.0 Å². The van der Waals surface area contributed by atoms with Gasteiger partial charge >= 0.3 is 0 Å². The Bertz CT molecular complexity index is 1050. The monoisotopic (exact) mass is 440 g/mol. The van der Waals surface area contributed by atoms with Gasteiger partial charge in [-0.2, -0.15) is 0 Å². The molecule has 1 aliphatic rings. The molecule has 0 aliphatic carbocycles. The first-order chi connectivity index (χ1) is 13.8. The van der Waals surface area contributed by atoms with E-state index in [0.29, 0.717) is 6.61 Å². The summed E-state index contributed by atoms with van der Waals surface area (Å²) in [7, 11) is -4.99. The normalized spacial score (nSPS) is 17.2. The summed E-state index contributed by atoms with van der Waals surface area (Å²) in [4.78, 5) is 0.0377. The third-order valence-electron chi connectivity index (χ3n) is 4.73. The number of benzene rings is 2. The van der Waals surface area contributed by atoms with Gasteiger partial charge in [-0.3, -0.25) is 4.31 Å². The van der Waals surface area contributed by atoms with Gasteiger partial charge in [0.1, 0.15) is 5.75 Å². The van der Waals surface area contributed by atoms with Crippen molar-refractivity contribution in [2.45, 2.75) is 28.7 Å².